The molecule has 0 aliphatic heterocycles. The predicted octanol–water partition coefficient (Wildman–Crippen LogP) is 5.68. The van der Waals surface area contributed by atoms with Crippen LogP contribution in [0.5, 0.6) is 11.5 Å². The van der Waals surface area contributed by atoms with Crippen molar-refractivity contribution in [1.29, 1.82) is 0 Å². The van der Waals surface area contributed by atoms with E-state index < -0.39 is 0 Å². The molecule has 0 saturated heterocycles. The second-order valence-electron chi connectivity index (χ2n) is 6.37. The molecule has 0 fully saturated rings. The van der Waals surface area contributed by atoms with Crippen molar-refractivity contribution in [2.75, 3.05) is 19.5 Å². The van der Waals surface area contributed by atoms with Gasteiger partial charge in [0, 0.05) is 27.8 Å². The summed E-state index contributed by atoms with van der Waals surface area (Å²) in [4.78, 5) is 9.97. The summed E-state index contributed by atoms with van der Waals surface area (Å²) in [5.41, 5.74) is 3.07. The van der Waals surface area contributed by atoms with Crippen LogP contribution in [0.25, 0.3) is 10.9 Å². The van der Waals surface area contributed by atoms with Crippen molar-refractivity contribution in [3.05, 3.63) is 78.6 Å². The molecule has 0 saturated carbocycles. The first-order valence-corrected chi connectivity index (χ1v) is 10.2. The highest BCUT2D eigenvalue weighted by Crippen LogP contribution is 2.34. The second-order valence-corrected chi connectivity index (χ2v) is 7.42. The highest BCUT2D eigenvalue weighted by atomic mass is 32.2. The number of methoxy groups -OCH3 is 2. The number of fused-ring (bicyclic) bond motifs is 1. The van der Waals surface area contributed by atoms with Crippen LogP contribution in [0.1, 0.15) is 5.56 Å². The van der Waals surface area contributed by atoms with E-state index in [1.54, 1.807) is 20.5 Å². The Balaban J connectivity index is 1.52. The fourth-order valence-corrected chi connectivity index (χ4v) is 3.85. The van der Waals surface area contributed by atoms with Crippen molar-refractivity contribution in [3.8, 4) is 11.5 Å². The molecule has 0 aliphatic rings. The third-order valence-electron chi connectivity index (χ3n) is 4.51. The van der Waals surface area contributed by atoms with Crippen LogP contribution in [0, 0.1) is 0 Å². The van der Waals surface area contributed by atoms with Gasteiger partial charge in [0.05, 0.1) is 19.7 Å². The Labute approximate surface area is 174 Å². The van der Waals surface area contributed by atoms with Crippen molar-refractivity contribution in [2.24, 2.45) is 0 Å². The zero-order chi connectivity index (χ0) is 20.1. The lowest BCUT2D eigenvalue weighted by Crippen LogP contribution is -1.98. The van der Waals surface area contributed by atoms with Crippen LogP contribution in [0.3, 0.4) is 0 Å². The van der Waals surface area contributed by atoms with E-state index in [1.165, 1.54) is 10.5 Å². The number of aromatic nitrogens is 2. The van der Waals surface area contributed by atoms with Crippen LogP contribution in [-0.2, 0) is 5.75 Å². The summed E-state index contributed by atoms with van der Waals surface area (Å²) >= 11 is 1.82. The molecule has 0 amide bonds. The normalized spacial score (nSPS) is 10.7. The summed E-state index contributed by atoms with van der Waals surface area (Å²) in [6.45, 7) is 0. The summed E-state index contributed by atoms with van der Waals surface area (Å²) < 4.78 is 10.8. The molecule has 0 unspecified atom stereocenters. The molecule has 4 rings (SSSR count). The van der Waals surface area contributed by atoms with Crippen LogP contribution in [0.2, 0.25) is 0 Å². The van der Waals surface area contributed by atoms with Gasteiger partial charge in [0.15, 0.2) is 11.5 Å². The van der Waals surface area contributed by atoms with E-state index in [0.717, 1.165) is 28.2 Å². The smallest absolute Gasteiger partial charge is 0.162 e. The third kappa shape index (κ3) is 4.43. The van der Waals surface area contributed by atoms with E-state index >= 15 is 0 Å². The SMILES string of the molecule is COc1cc2ncnc(Nc3ccc(SCc4ccccc4)cc3)c2cc1OC. The first-order valence-electron chi connectivity index (χ1n) is 9.17. The first-order chi connectivity index (χ1) is 14.3. The summed E-state index contributed by atoms with van der Waals surface area (Å²) in [6.07, 6.45) is 1.54. The zero-order valence-corrected chi connectivity index (χ0v) is 17.1. The Morgan fingerprint density at radius 3 is 2.31 bits per heavy atom. The van der Waals surface area contributed by atoms with Crippen LogP contribution >= 0.6 is 11.8 Å². The van der Waals surface area contributed by atoms with Crippen LogP contribution in [0.15, 0.2) is 78.0 Å². The van der Waals surface area contributed by atoms with Gasteiger partial charge in [-0.1, -0.05) is 30.3 Å². The molecule has 1 heterocycles. The lowest BCUT2D eigenvalue weighted by atomic mass is 10.2. The molecule has 0 radical (unpaired) electrons. The number of hydrogen-bond acceptors (Lipinski definition) is 6. The molecule has 6 heteroatoms. The molecule has 0 spiro atoms. The topological polar surface area (TPSA) is 56.3 Å². The van der Waals surface area contributed by atoms with E-state index in [9.17, 15) is 0 Å². The lowest BCUT2D eigenvalue weighted by molar-refractivity contribution is 0.356. The maximum Gasteiger partial charge on any atom is 0.162 e. The fraction of sp³-hybridized carbons (Fsp3) is 0.130. The Kier molecular flexibility index (Phi) is 5.81. The van der Waals surface area contributed by atoms with E-state index in [0.29, 0.717) is 11.5 Å². The highest BCUT2D eigenvalue weighted by Gasteiger charge is 2.11. The number of nitrogens with one attached hydrogen (secondary N) is 1. The summed E-state index contributed by atoms with van der Waals surface area (Å²) in [5, 5.41) is 4.25. The van der Waals surface area contributed by atoms with Crippen molar-refractivity contribution < 1.29 is 9.47 Å². The van der Waals surface area contributed by atoms with Gasteiger partial charge in [-0.3, -0.25) is 0 Å². The minimum Gasteiger partial charge on any atom is -0.493 e. The largest absolute Gasteiger partial charge is 0.493 e. The van der Waals surface area contributed by atoms with Gasteiger partial charge >= 0.3 is 0 Å². The summed E-state index contributed by atoms with van der Waals surface area (Å²) in [7, 11) is 3.23. The summed E-state index contributed by atoms with van der Waals surface area (Å²) in [5.74, 6) is 2.96. The van der Waals surface area contributed by atoms with Gasteiger partial charge in [0.1, 0.15) is 12.1 Å². The number of benzene rings is 3. The predicted molar refractivity (Wildman–Crippen MR) is 118 cm³/mol. The molecule has 5 nitrogen and oxygen atoms in total. The third-order valence-corrected chi connectivity index (χ3v) is 5.59. The molecule has 0 bridgehead atoms. The average molecular weight is 404 g/mol. The van der Waals surface area contributed by atoms with Gasteiger partial charge in [-0.05, 0) is 35.9 Å². The Bertz CT molecular complexity index is 1100. The number of hydrogen-bond donors (Lipinski definition) is 1. The minimum atomic E-state index is 0.643. The Morgan fingerprint density at radius 1 is 0.862 bits per heavy atom. The van der Waals surface area contributed by atoms with E-state index in [1.807, 2.05) is 30.0 Å². The minimum absolute atomic E-state index is 0.643. The number of rotatable bonds is 7. The Morgan fingerprint density at radius 2 is 1.59 bits per heavy atom. The van der Waals surface area contributed by atoms with Gasteiger partial charge in [-0.2, -0.15) is 0 Å². The maximum absolute atomic E-state index is 5.42. The van der Waals surface area contributed by atoms with Crippen molar-refractivity contribution >= 4 is 34.2 Å². The van der Waals surface area contributed by atoms with Gasteiger partial charge in [0.25, 0.3) is 0 Å². The molecule has 29 heavy (non-hydrogen) atoms. The number of ether oxygens (including phenoxy) is 2. The van der Waals surface area contributed by atoms with E-state index in [-0.39, 0.29) is 0 Å². The standard InChI is InChI=1S/C23H21N3O2S/c1-27-21-12-19-20(13-22(21)28-2)24-15-25-23(19)26-17-8-10-18(11-9-17)29-14-16-6-4-3-5-7-16/h3-13,15H,14H2,1-2H3,(H,24,25,26). The van der Waals surface area contributed by atoms with Crippen LogP contribution in [0.4, 0.5) is 11.5 Å². The zero-order valence-electron chi connectivity index (χ0n) is 16.3. The van der Waals surface area contributed by atoms with Crippen molar-refractivity contribution in [2.45, 2.75) is 10.6 Å². The number of nitrogens with zero attached hydrogens (tertiary/aromatic N) is 2. The number of anilines is 2. The van der Waals surface area contributed by atoms with Gasteiger partial charge in [-0.15, -0.1) is 11.8 Å². The molecule has 3 aromatic carbocycles. The monoisotopic (exact) mass is 403 g/mol. The van der Waals surface area contributed by atoms with Crippen molar-refractivity contribution in [1.82, 2.24) is 9.97 Å². The maximum atomic E-state index is 5.42. The van der Waals surface area contributed by atoms with Gasteiger partial charge < -0.3 is 14.8 Å². The molecule has 1 aromatic heterocycles. The van der Waals surface area contributed by atoms with Crippen LogP contribution < -0.4 is 14.8 Å². The average Bonchev–Trinajstić information content (AvgIpc) is 2.78. The highest BCUT2D eigenvalue weighted by molar-refractivity contribution is 7.98. The molecule has 4 aromatic rings. The molecule has 0 aliphatic carbocycles. The summed E-state index contributed by atoms with van der Waals surface area (Å²) in [6, 6.07) is 22.6. The lowest BCUT2D eigenvalue weighted by Gasteiger charge is -2.12. The molecular formula is C23H21N3O2S. The van der Waals surface area contributed by atoms with Gasteiger partial charge in [0.2, 0.25) is 0 Å². The van der Waals surface area contributed by atoms with Crippen molar-refractivity contribution in [3.63, 3.8) is 0 Å². The molecule has 0 atom stereocenters. The molecule has 146 valence electrons. The first kappa shape index (κ1) is 19.1. The molecule has 1 N–H and O–H groups in total. The number of thioether (sulfide) groups is 1. The van der Waals surface area contributed by atoms with E-state index in [4.69, 9.17) is 9.47 Å². The van der Waals surface area contributed by atoms with Gasteiger partial charge in [-0.25, -0.2) is 9.97 Å². The Hall–Kier alpha value is -3.25. The quantitative estimate of drug-likeness (QED) is 0.401. The fourth-order valence-electron chi connectivity index (χ4n) is 2.99. The van der Waals surface area contributed by atoms with Crippen LogP contribution in [-0.4, -0.2) is 24.2 Å². The molecular weight excluding hydrogens is 382 g/mol. The second kappa shape index (κ2) is 8.84. The van der Waals surface area contributed by atoms with E-state index in [2.05, 4.69) is 63.8 Å².